The summed E-state index contributed by atoms with van der Waals surface area (Å²) < 4.78 is 6.24. The molecule has 0 radical (unpaired) electrons. The number of nitro groups is 1. The van der Waals surface area contributed by atoms with Crippen molar-refractivity contribution >= 4 is 33.3 Å². The third kappa shape index (κ3) is 3.46. The van der Waals surface area contributed by atoms with E-state index in [-0.39, 0.29) is 17.7 Å². The highest BCUT2D eigenvalue weighted by Crippen LogP contribution is 2.31. The Morgan fingerprint density at radius 2 is 2.20 bits per heavy atom. The highest BCUT2D eigenvalue weighted by molar-refractivity contribution is 9.10. The molecule has 0 aliphatic heterocycles. The number of hydrogen-bond acceptors (Lipinski definition) is 4. The molecule has 0 bridgehead atoms. The van der Waals surface area contributed by atoms with Crippen LogP contribution in [0.15, 0.2) is 41.0 Å². The third-order valence-corrected chi connectivity index (χ3v) is 3.26. The van der Waals surface area contributed by atoms with Crippen molar-refractivity contribution in [2.45, 2.75) is 13.0 Å². The van der Waals surface area contributed by atoms with Gasteiger partial charge in [0.15, 0.2) is 6.20 Å². The maximum atomic E-state index is 10.9. The van der Waals surface area contributed by atoms with Crippen LogP contribution in [0.25, 0.3) is 0 Å². The smallest absolute Gasteiger partial charge is 0.406 e. The largest absolute Gasteiger partial charge is 0.478 e. The van der Waals surface area contributed by atoms with Crippen molar-refractivity contribution in [3.05, 3.63) is 61.7 Å². The molecule has 1 heterocycles. The Bertz CT molecular complexity index is 651. The van der Waals surface area contributed by atoms with Gasteiger partial charge in [-0.2, -0.15) is 0 Å². The maximum absolute atomic E-state index is 10.9. The molecule has 0 saturated carbocycles. The van der Waals surface area contributed by atoms with Crippen molar-refractivity contribution in [3.63, 3.8) is 0 Å². The van der Waals surface area contributed by atoms with E-state index in [1.807, 2.05) is 6.07 Å². The lowest BCUT2D eigenvalue weighted by Gasteiger charge is -2.15. The first-order valence-corrected chi connectivity index (χ1v) is 6.86. The number of rotatable bonds is 4. The van der Waals surface area contributed by atoms with Crippen LogP contribution in [0.2, 0.25) is 5.02 Å². The van der Waals surface area contributed by atoms with Crippen molar-refractivity contribution in [1.82, 2.24) is 4.98 Å². The molecule has 1 aromatic heterocycles. The Morgan fingerprint density at radius 3 is 2.85 bits per heavy atom. The summed E-state index contributed by atoms with van der Waals surface area (Å²) in [6.45, 7) is 1.79. The minimum absolute atomic E-state index is 0.108. The summed E-state index contributed by atoms with van der Waals surface area (Å²) in [5.41, 5.74) is 0.826. The number of nitrogens with zero attached hydrogens (tertiary/aromatic N) is 2. The molecule has 0 fully saturated rings. The molecule has 0 N–H and O–H groups in total. The Balaban J connectivity index is 2.29. The van der Waals surface area contributed by atoms with Gasteiger partial charge in [-0.3, -0.25) is 0 Å². The molecule has 1 atom stereocenters. The van der Waals surface area contributed by atoms with Gasteiger partial charge in [0.1, 0.15) is 6.10 Å². The van der Waals surface area contributed by atoms with Crippen LogP contribution in [0.4, 0.5) is 5.82 Å². The molecule has 104 valence electrons. The zero-order chi connectivity index (χ0) is 14.7. The van der Waals surface area contributed by atoms with E-state index in [1.54, 1.807) is 25.1 Å². The van der Waals surface area contributed by atoms with E-state index in [0.717, 1.165) is 5.56 Å². The lowest BCUT2D eigenvalue weighted by molar-refractivity contribution is -0.390. The first-order chi connectivity index (χ1) is 9.47. The van der Waals surface area contributed by atoms with Crippen LogP contribution >= 0.6 is 27.5 Å². The van der Waals surface area contributed by atoms with Gasteiger partial charge in [0.05, 0.1) is 4.47 Å². The minimum atomic E-state index is -0.577. The van der Waals surface area contributed by atoms with Crippen molar-refractivity contribution in [2.24, 2.45) is 0 Å². The third-order valence-electron chi connectivity index (χ3n) is 2.59. The molecule has 7 heteroatoms. The minimum Gasteiger partial charge on any atom is -0.478 e. The summed E-state index contributed by atoms with van der Waals surface area (Å²) in [5, 5.41) is 11.5. The van der Waals surface area contributed by atoms with Crippen molar-refractivity contribution < 1.29 is 9.66 Å². The predicted molar refractivity (Wildman–Crippen MR) is 79.1 cm³/mol. The number of pyridine rings is 1. The van der Waals surface area contributed by atoms with E-state index < -0.39 is 4.92 Å². The van der Waals surface area contributed by atoms with Crippen LogP contribution < -0.4 is 4.74 Å². The van der Waals surface area contributed by atoms with E-state index in [2.05, 4.69) is 20.9 Å². The van der Waals surface area contributed by atoms with Gasteiger partial charge in [-0.1, -0.05) is 23.7 Å². The number of hydrogen-bond donors (Lipinski definition) is 0. The second-order valence-corrected chi connectivity index (χ2v) is 5.40. The summed E-state index contributed by atoms with van der Waals surface area (Å²) in [6.07, 6.45) is 0.971. The Morgan fingerprint density at radius 1 is 1.45 bits per heavy atom. The molecule has 20 heavy (non-hydrogen) atoms. The highest BCUT2D eigenvalue weighted by atomic mass is 79.9. The normalized spacial score (nSPS) is 11.9. The van der Waals surface area contributed by atoms with E-state index >= 15 is 0 Å². The average Bonchev–Trinajstić information content (AvgIpc) is 2.38. The van der Waals surface area contributed by atoms with Gasteiger partial charge in [-0.05, 0) is 50.5 Å². The summed E-state index contributed by atoms with van der Waals surface area (Å²) in [5.74, 6) is -0.209. The molecule has 0 amide bonds. The van der Waals surface area contributed by atoms with Crippen LogP contribution in [0.5, 0.6) is 5.75 Å². The van der Waals surface area contributed by atoms with Gasteiger partial charge in [-0.25, -0.2) is 0 Å². The van der Waals surface area contributed by atoms with Gasteiger partial charge >= 0.3 is 5.82 Å². The van der Waals surface area contributed by atoms with E-state index in [9.17, 15) is 10.1 Å². The first-order valence-electron chi connectivity index (χ1n) is 5.69. The summed E-state index contributed by atoms with van der Waals surface area (Å²) in [6, 6.07) is 8.66. The fourth-order valence-electron chi connectivity index (χ4n) is 1.66. The van der Waals surface area contributed by atoms with Gasteiger partial charge in [0.25, 0.3) is 0 Å². The van der Waals surface area contributed by atoms with Crippen molar-refractivity contribution in [3.8, 4) is 5.75 Å². The molecule has 0 aliphatic carbocycles. The molecular weight excluding hydrogens is 348 g/mol. The predicted octanol–water partition coefficient (Wildman–Crippen LogP) is 4.55. The maximum Gasteiger partial charge on any atom is 0.406 e. The molecule has 1 unspecified atom stereocenters. The van der Waals surface area contributed by atoms with Gasteiger partial charge in [0.2, 0.25) is 5.75 Å². The average molecular weight is 358 g/mol. The highest BCUT2D eigenvalue weighted by Gasteiger charge is 2.20. The zero-order valence-corrected chi connectivity index (χ0v) is 12.8. The standard InChI is InChI=1S/C13H10BrClN2O3/c1-8(9-3-2-4-11(15)5-9)20-12-6-10(14)7-16-13(12)17(18)19/h2-8H,1H3. The van der Waals surface area contributed by atoms with E-state index in [1.165, 1.54) is 12.3 Å². The monoisotopic (exact) mass is 356 g/mol. The number of benzene rings is 1. The van der Waals surface area contributed by atoms with Crippen LogP contribution in [0, 0.1) is 10.1 Å². The topological polar surface area (TPSA) is 65.3 Å². The fraction of sp³-hybridized carbons (Fsp3) is 0.154. The molecule has 0 spiro atoms. The SMILES string of the molecule is CC(Oc1cc(Br)cnc1[N+](=O)[O-])c1cccc(Cl)c1. The van der Waals surface area contributed by atoms with Crippen molar-refractivity contribution in [1.29, 1.82) is 0 Å². The molecule has 2 rings (SSSR count). The summed E-state index contributed by atoms with van der Waals surface area (Å²) in [4.78, 5) is 14.1. The molecule has 0 saturated heterocycles. The van der Waals surface area contributed by atoms with E-state index in [4.69, 9.17) is 16.3 Å². The lowest BCUT2D eigenvalue weighted by Crippen LogP contribution is -2.06. The Labute approximate surface area is 128 Å². The number of aromatic nitrogens is 1. The number of ether oxygens (including phenoxy) is 1. The molecule has 1 aromatic carbocycles. The van der Waals surface area contributed by atoms with Crippen LogP contribution in [0.1, 0.15) is 18.6 Å². The molecular formula is C13H10BrClN2O3. The van der Waals surface area contributed by atoms with Gasteiger partial charge in [-0.15, -0.1) is 0 Å². The first kappa shape index (κ1) is 14.7. The van der Waals surface area contributed by atoms with Crippen molar-refractivity contribution in [2.75, 3.05) is 0 Å². The van der Waals surface area contributed by atoms with Crippen LogP contribution in [-0.2, 0) is 0 Å². The molecule has 5 nitrogen and oxygen atoms in total. The molecule has 2 aromatic rings. The fourth-order valence-corrected chi connectivity index (χ4v) is 2.16. The van der Waals surface area contributed by atoms with Gasteiger partial charge < -0.3 is 14.9 Å². The second kappa shape index (κ2) is 6.19. The summed E-state index contributed by atoms with van der Waals surface area (Å²) in [7, 11) is 0. The zero-order valence-electron chi connectivity index (χ0n) is 10.4. The summed E-state index contributed by atoms with van der Waals surface area (Å²) >= 11 is 9.13. The Kier molecular flexibility index (Phi) is 4.57. The second-order valence-electron chi connectivity index (χ2n) is 4.05. The van der Waals surface area contributed by atoms with Crippen LogP contribution in [-0.4, -0.2) is 9.91 Å². The van der Waals surface area contributed by atoms with Gasteiger partial charge in [0, 0.05) is 11.1 Å². The quantitative estimate of drug-likeness (QED) is 0.595. The van der Waals surface area contributed by atoms with Crippen LogP contribution in [0.3, 0.4) is 0 Å². The lowest BCUT2D eigenvalue weighted by atomic mass is 10.1. The Hall–Kier alpha value is -1.66. The number of halogens is 2. The van der Waals surface area contributed by atoms with E-state index in [0.29, 0.717) is 9.50 Å². The molecule has 0 aliphatic rings.